The van der Waals surface area contributed by atoms with Crippen molar-refractivity contribution in [2.75, 3.05) is 0 Å². The third-order valence-electron chi connectivity index (χ3n) is 0. The molecular formula is H6K2O8Si2. The Kier molecular flexibility index (Phi) is 22.3. The van der Waals surface area contributed by atoms with Gasteiger partial charge >= 0.3 is 112 Å². The van der Waals surface area contributed by atoms with Gasteiger partial charge in [0.25, 0.3) is 0 Å². The largest absolute Gasteiger partial charge is 1.00 e. The molecule has 0 saturated carbocycles. The fraction of sp³-hybridized carbons (Fsp3) is 0. The SMILES string of the molecule is O[Si](O)(O)O.[K+].[K+].[O-][Si]([O-])(O)O. The first kappa shape index (κ1) is 24.6. The smallest absolute Gasteiger partial charge is 0.828 e. The maximum atomic E-state index is 8.80. The van der Waals surface area contributed by atoms with Gasteiger partial charge in [0.05, 0.1) is 0 Å². The van der Waals surface area contributed by atoms with Gasteiger partial charge in [0.2, 0.25) is 0 Å². The Bertz CT molecular complexity index is 58.0. The van der Waals surface area contributed by atoms with Crippen LogP contribution in [0.5, 0.6) is 0 Å². The van der Waals surface area contributed by atoms with Crippen molar-refractivity contribution in [3.8, 4) is 0 Å². The summed E-state index contributed by atoms with van der Waals surface area (Å²) in [6, 6.07) is 0. The Morgan fingerprint density at radius 1 is 0.667 bits per heavy atom. The maximum absolute atomic E-state index is 8.80. The van der Waals surface area contributed by atoms with E-state index < -0.39 is 18.1 Å². The van der Waals surface area contributed by atoms with Crippen LogP contribution in [0.1, 0.15) is 0 Å². The van der Waals surface area contributed by atoms with Crippen LogP contribution in [0.25, 0.3) is 0 Å². The Morgan fingerprint density at radius 2 is 0.667 bits per heavy atom. The van der Waals surface area contributed by atoms with Crippen molar-refractivity contribution >= 4 is 18.1 Å². The minimum atomic E-state index is -5.11. The molecule has 0 unspecified atom stereocenters. The van der Waals surface area contributed by atoms with Gasteiger partial charge < -0.3 is 38.4 Å². The van der Waals surface area contributed by atoms with Gasteiger partial charge in [-0.1, -0.05) is 0 Å². The molecule has 0 spiro atoms. The maximum Gasteiger partial charge on any atom is 1.00 e. The molecule has 12 heteroatoms. The molecule has 0 heterocycles. The molecule has 0 bridgehead atoms. The Hall–Kier alpha value is 3.39. The molecule has 12 heavy (non-hydrogen) atoms. The van der Waals surface area contributed by atoms with E-state index >= 15 is 0 Å². The summed E-state index contributed by atoms with van der Waals surface area (Å²) in [5.41, 5.74) is 0. The third kappa shape index (κ3) is 179. The topological polar surface area (TPSA) is 168 Å². The van der Waals surface area contributed by atoms with Gasteiger partial charge in [-0.25, -0.2) is 0 Å². The van der Waals surface area contributed by atoms with E-state index in [1.807, 2.05) is 0 Å². The van der Waals surface area contributed by atoms with Gasteiger partial charge in [0.15, 0.2) is 0 Å². The van der Waals surface area contributed by atoms with Crippen molar-refractivity contribution < 1.29 is 141 Å². The van der Waals surface area contributed by atoms with Gasteiger partial charge in [0.1, 0.15) is 9.05 Å². The van der Waals surface area contributed by atoms with Crippen LogP contribution in [0.15, 0.2) is 0 Å². The molecule has 0 fully saturated rings. The van der Waals surface area contributed by atoms with E-state index in [9.17, 15) is 0 Å². The van der Waals surface area contributed by atoms with E-state index in [1.165, 1.54) is 0 Å². The Balaban J connectivity index is -0.0000000457. The summed E-state index contributed by atoms with van der Waals surface area (Å²) in [4.78, 5) is 61.1. The van der Waals surface area contributed by atoms with Gasteiger partial charge in [0, 0.05) is 0 Å². The molecule has 0 atom stereocenters. The van der Waals surface area contributed by atoms with Crippen molar-refractivity contribution in [2.45, 2.75) is 0 Å². The predicted molar refractivity (Wildman–Crippen MR) is 24.8 cm³/mol. The van der Waals surface area contributed by atoms with E-state index in [0.29, 0.717) is 0 Å². The van der Waals surface area contributed by atoms with Crippen molar-refractivity contribution in [2.24, 2.45) is 0 Å². The minimum absolute atomic E-state index is 0. The summed E-state index contributed by atoms with van der Waals surface area (Å²) in [5, 5.41) is 0. The summed E-state index contributed by atoms with van der Waals surface area (Å²) in [5.74, 6) is 0. The first-order valence-electron chi connectivity index (χ1n) is 1.75. The fourth-order valence-electron chi connectivity index (χ4n) is 0. The van der Waals surface area contributed by atoms with Crippen LogP contribution in [-0.2, 0) is 0 Å². The van der Waals surface area contributed by atoms with Gasteiger partial charge in [-0.15, -0.1) is 0 Å². The van der Waals surface area contributed by atoms with Crippen LogP contribution in [-0.4, -0.2) is 46.9 Å². The number of hydrogen-bond acceptors (Lipinski definition) is 8. The van der Waals surface area contributed by atoms with E-state index in [2.05, 4.69) is 0 Å². The molecule has 0 radical (unpaired) electrons. The summed E-state index contributed by atoms with van der Waals surface area (Å²) in [6.45, 7) is 0. The molecule has 6 N–H and O–H groups in total. The molecular weight excluding hydrogens is 262 g/mol. The first-order chi connectivity index (χ1) is 4.00. The van der Waals surface area contributed by atoms with Crippen LogP contribution in [0, 0.1) is 0 Å². The van der Waals surface area contributed by atoms with Crippen LogP contribution in [0.2, 0.25) is 0 Å². The predicted octanol–water partition coefficient (Wildman–Crippen LogP) is -12.5. The van der Waals surface area contributed by atoms with Crippen molar-refractivity contribution in [3.63, 3.8) is 0 Å². The summed E-state index contributed by atoms with van der Waals surface area (Å²) in [6.07, 6.45) is 0. The molecule has 0 aliphatic rings. The summed E-state index contributed by atoms with van der Waals surface area (Å²) >= 11 is 0. The zero-order chi connectivity index (χ0) is 9.00. The molecule has 64 valence electrons. The van der Waals surface area contributed by atoms with Crippen molar-refractivity contribution in [1.29, 1.82) is 0 Å². The monoisotopic (exact) mass is 268 g/mol. The molecule has 8 nitrogen and oxygen atoms in total. The minimum Gasteiger partial charge on any atom is -0.828 e. The average molecular weight is 268 g/mol. The fourth-order valence-corrected chi connectivity index (χ4v) is 0. The van der Waals surface area contributed by atoms with E-state index in [1.54, 1.807) is 0 Å². The Morgan fingerprint density at radius 3 is 0.667 bits per heavy atom. The van der Waals surface area contributed by atoms with Crippen LogP contribution >= 0.6 is 0 Å². The van der Waals surface area contributed by atoms with E-state index in [4.69, 9.17) is 38.4 Å². The van der Waals surface area contributed by atoms with E-state index in [-0.39, 0.29) is 103 Å². The standard InChI is InChI=1S/2K.H4O4Si.H2O4Si/c;;2*1-5(2,3)4/h;;1-4H;1-2H/q2*+1;;-2. The van der Waals surface area contributed by atoms with Crippen molar-refractivity contribution in [1.82, 2.24) is 0 Å². The molecule has 0 amide bonds. The molecule has 0 aromatic rings. The van der Waals surface area contributed by atoms with Crippen LogP contribution < -0.4 is 112 Å². The second-order valence-electron chi connectivity index (χ2n) is 1.15. The third-order valence-corrected chi connectivity index (χ3v) is 0. The normalized spacial score (nSPS) is 10.0. The quantitative estimate of drug-likeness (QED) is 0.235. The zero-order valence-corrected chi connectivity index (χ0v) is 14.7. The van der Waals surface area contributed by atoms with Crippen LogP contribution in [0.4, 0.5) is 0 Å². The molecule has 0 saturated heterocycles. The molecule has 0 aromatic carbocycles. The molecule has 0 aliphatic carbocycles. The second kappa shape index (κ2) is 10.9. The molecule has 0 rings (SSSR count). The van der Waals surface area contributed by atoms with Crippen molar-refractivity contribution in [3.05, 3.63) is 0 Å². The first-order valence-corrected chi connectivity index (χ1v) is 5.25. The Labute approximate surface area is 155 Å². The second-order valence-corrected chi connectivity index (χ2v) is 3.45. The van der Waals surface area contributed by atoms with E-state index in [0.717, 1.165) is 0 Å². The zero-order valence-electron chi connectivity index (χ0n) is 6.50. The number of hydrogen-bond donors (Lipinski definition) is 6. The van der Waals surface area contributed by atoms with Crippen LogP contribution in [0.3, 0.4) is 0 Å². The van der Waals surface area contributed by atoms with Gasteiger partial charge in [-0.05, 0) is 0 Å². The summed E-state index contributed by atoms with van der Waals surface area (Å²) in [7, 11) is -9.72. The molecule has 0 aliphatic heterocycles. The van der Waals surface area contributed by atoms with Gasteiger partial charge in [-0.3, -0.25) is 0 Å². The average Bonchev–Trinajstić information content (AvgIpc) is 1.12. The number of rotatable bonds is 0. The summed E-state index contributed by atoms with van der Waals surface area (Å²) < 4.78 is 0. The van der Waals surface area contributed by atoms with Gasteiger partial charge in [-0.2, -0.15) is 0 Å². The molecule has 0 aromatic heterocycles.